The number of nitrogens with zero attached hydrogens (tertiary/aromatic N) is 2. The Kier molecular flexibility index (Phi) is 2.63. The van der Waals surface area contributed by atoms with E-state index in [1.807, 2.05) is 31.2 Å². The lowest BCUT2D eigenvalue weighted by molar-refractivity contribution is -0.131. The number of carbonyl (C=O) groups is 1. The Bertz CT molecular complexity index is 797. The van der Waals surface area contributed by atoms with Crippen molar-refractivity contribution < 1.29 is 9.53 Å². The van der Waals surface area contributed by atoms with Gasteiger partial charge in [0.15, 0.2) is 5.75 Å². The van der Waals surface area contributed by atoms with E-state index in [0.717, 1.165) is 22.1 Å². The molecule has 4 heteroatoms. The molecule has 0 aliphatic carbocycles. The first-order valence-electron chi connectivity index (χ1n) is 5.99. The zero-order valence-corrected chi connectivity index (χ0v) is 10.7. The summed E-state index contributed by atoms with van der Waals surface area (Å²) in [6, 6.07) is 11.2. The number of para-hydroxylation sites is 2. The second-order valence-electron chi connectivity index (χ2n) is 4.38. The molecule has 0 radical (unpaired) electrons. The molecule has 1 aromatic heterocycles. The summed E-state index contributed by atoms with van der Waals surface area (Å²) in [6.07, 6.45) is 0. The van der Waals surface area contributed by atoms with Gasteiger partial charge >= 0.3 is 5.97 Å². The molecule has 3 rings (SSSR count). The van der Waals surface area contributed by atoms with Crippen molar-refractivity contribution in [2.24, 2.45) is 0 Å². The van der Waals surface area contributed by atoms with E-state index in [-0.39, 0.29) is 5.97 Å². The van der Waals surface area contributed by atoms with Crippen LogP contribution in [0, 0.1) is 6.92 Å². The van der Waals surface area contributed by atoms with Gasteiger partial charge in [-0.3, -0.25) is 4.79 Å². The van der Waals surface area contributed by atoms with Gasteiger partial charge in [0.2, 0.25) is 0 Å². The standard InChI is InChI=1S/C15H12N2O2/c1-9-5-3-6-11-14(9)17-15-12(16-11)7-4-8-13(15)19-10(2)18/h3-8H,1-2H3. The van der Waals surface area contributed by atoms with E-state index in [1.165, 1.54) is 6.92 Å². The molecule has 0 amide bonds. The van der Waals surface area contributed by atoms with E-state index in [2.05, 4.69) is 9.97 Å². The fourth-order valence-electron chi connectivity index (χ4n) is 2.07. The maximum atomic E-state index is 11.1. The molecule has 0 fully saturated rings. The number of benzene rings is 2. The molecule has 0 spiro atoms. The summed E-state index contributed by atoms with van der Waals surface area (Å²) in [5, 5.41) is 0. The minimum Gasteiger partial charge on any atom is -0.424 e. The van der Waals surface area contributed by atoms with Crippen LogP contribution in [0.2, 0.25) is 0 Å². The van der Waals surface area contributed by atoms with Crippen molar-refractivity contribution in [3.05, 3.63) is 42.0 Å². The molecule has 0 unspecified atom stereocenters. The van der Waals surface area contributed by atoms with Gasteiger partial charge in [-0.05, 0) is 30.7 Å². The van der Waals surface area contributed by atoms with Crippen LogP contribution in [0.15, 0.2) is 36.4 Å². The molecule has 94 valence electrons. The average molecular weight is 252 g/mol. The van der Waals surface area contributed by atoms with E-state index in [0.29, 0.717) is 11.3 Å². The quantitative estimate of drug-likeness (QED) is 0.379. The molecule has 19 heavy (non-hydrogen) atoms. The number of rotatable bonds is 1. The van der Waals surface area contributed by atoms with Gasteiger partial charge in [0.05, 0.1) is 16.6 Å². The molecule has 0 N–H and O–H groups in total. The van der Waals surface area contributed by atoms with Crippen LogP contribution in [0.25, 0.3) is 22.1 Å². The maximum absolute atomic E-state index is 11.1. The first-order chi connectivity index (χ1) is 9.15. The number of esters is 1. The van der Waals surface area contributed by atoms with Gasteiger partial charge in [-0.25, -0.2) is 9.97 Å². The summed E-state index contributed by atoms with van der Waals surface area (Å²) in [5.41, 5.74) is 4.04. The largest absolute Gasteiger partial charge is 0.424 e. The van der Waals surface area contributed by atoms with Crippen LogP contribution in [0.1, 0.15) is 12.5 Å². The second-order valence-corrected chi connectivity index (χ2v) is 4.38. The predicted octanol–water partition coefficient (Wildman–Crippen LogP) is 3.02. The summed E-state index contributed by atoms with van der Waals surface area (Å²) in [7, 11) is 0. The number of aromatic nitrogens is 2. The summed E-state index contributed by atoms with van der Waals surface area (Å²) in [4.78, 5) is 20.3. The van der Waals surface area contributed by atoms with E-state index < -0.39 is 0 Å². The summed E-state index contributed by atoms with van der Waals surface area (Å²) < 4.78 is 5.17. The summed E-state index contributed by atoms with van der Waals surface area (Å²) in [5.74, 6) is 0.0850. The summed E-state index contributed by atoms with van der Waals surface area (Å²) in [6.45, 7) is 3.36. The highest BCUT2D eigenvalue weighted by molar-refractivity contribution is 5.91. The Morgan fingerprint density at radius 3 is 2.42 bits per heavy atom. The highest BCUT2D eigenvalue weighted by atomic mass is 16.5. The van der Waals surface area contributed by atoms with E-state index >= 15 is 0 Å². The van der Waals surface area contributed by atoms with Crippen LogP contribution in [0.4, 0.5) is 0 Å². The highest BCUT2D eigenvalue weighted by Gasteiger charge is 2.09. The molecule has 0 saturated carbocycles. The molecule has 4 nitrogen and oxygen atoms in total. The Morgan fingerprint density at radius 1 is 1.00 bits per heavy atom. The van der Waals surface area contributed by atoms with Crippen molar-refractivity contribution in [2.45, 2.75) is 13.8 Å². The SMILES string of the molecule is CC(=O)Oc1cccc2nc3cccc(C)c3nc12. The lowest BCUT2D eigenvalue weighted by atomic mass is 10.2. The monoisotopic (exact) mass is 252 g/mol. The third-order valence-corrected chi connectivity index (χ3v) is 2.91. The lowest BCUT2D eigenvalue weighted by Gasteiger charge is -2.07. The Morgan fingerprint density at radius 2 is 1.68 bits per heavy atom. The van der Waals surface area contributed by atoms with Gasteiger partial charge < -0.3 is 4.74 Å². The molecule has 0 aliphatic rings. The van der Waals surface area contributed by atoms with Gasteiger partial charge in [0, 0.05) is 6.92 Å². The number of fused-ring (bicyclic) bond motifs is 2. The van der Waals surface area contributed by atoms with Crippen molar-refractivity contribution in [1.29, 1.82) is 0 Å². The number of ether oxygens (including phenoxy) is 1. The fraction of sp³-hybridized carbons (Fsp3) is 0.133. The predicted molar refractivity (Wildman–Crippen MR) is 73.1 cm³/mol. The normalized spacial score (nSPS) is 10.8. The molecule has 0 atom stereocenters. The van der Waals surface area contributed by atoms with Crippen molar-refractivity contribution in [2.75, 3.05) is 0 Å². The fourth-order valence-corrected chi connectivity index (χ4v) is 2.07. The molecular weight excluding hydrogens is 240 g/mol. The molecule has 2 aromatic carbocycles. The van der Waals surface area contributed by atoms with Crippen molar-refractivity contribution in [3.63, 3.8) is 0 Å². The highest BCUT2D eigenvalue weighted by Crippen LogP contribution is 2.26. The van der Waals surface area contributed by atoms with Crippen LogP contribution in [0.5, 0.6) is 5.75 Å². The topological polar surface area (TPSA) is 52.1 Å². The number of hydrogen-bond donors (Lipinski definition) is 0. The average Bonchev–Trinajstić information content (AvgIpc) is 2.37. The molecule has 1 heterocycles. The molecule has 0 aliphatic heterocycles. The molecule has 0 bridgehead atoms. The zero-order valence-electron chi connectivity index (χ0n) is 10.7. The molecular formula is C15H12N2O2. The van der Waals surface area contributed by atoms with Crippen LogP contribution in [-0.4, -0.2) is 15.9 Å². The van der Waals surface area contributed by atoms with Crippen LogP contribution in [-0.2, 0) is 4.79 Å². The van der Waals surface area contributed by atoms with Gasteiger partial charge in [-0.1, -0.05) is 18.2 Å². The lowest BCUT2D eigenvalue weighted by Crippen LogP contribution is -2.03. The van der Waals surface area contributed by atoms with E-state index in [1.54, 1.807) is 12.1 Å². The van der Waals surface area contributed by atoms with Crippen molar-refractivity contribution in [3.8, 4) is 5.75 Å². The zero-order chi connectivity index (χ0) is 13.4. The van der Waals surface area contributed by atoms with Gasteiger partial charge in [0.25, 0.3) is 0 Å². The Hall–Kier alpha value is -2.49. The van der Waals surface area contributed by atoms with E-state index in [9.17, 15) is 4.79 Å². The van der Waals surface area contributed by atoms with Crippen LogP contribution < -0.4 is 4.74 Å². The van der Waals surface area contributed by atoms with Crippen LogP contribution in [0.3, 0.4) is 0 Å². The number of aryl methyl sites for hydroxylation is 1. The number of hydrogen-bond acceptors (Lipinski definition) is 4. The minimum absolute atomic E-state index is 0.362. The van der Waals surface area contributed by atoms with Crippen molar-refractivity contribution in [1.82, 2.24) is 9.97 Å². The minimum atomic E-state index is -0.362. The Balaban J connectivity index is 2.36. The maximum Gasteiger partial charge on any atom is 0.308 e. The first-order valence-corrected chi connectivity index (χ1v) is 5.99. The second kappa shape index (κ2) is 4.31. The van der Waals surface area contributed by atoms with Gasteiger partial charge in [0.1, 0.15) is 5.52 Å². The Labute approximate surface area is 110 Å². The van der Waals surface area contributed by atoms with E-state index in [4.69, 9.17) is 4.74 Å². The third-order valence-electron chi connectivity index (χ3n) is 2.91. The smallest absolute Gasteiger partial charge is 0.308 e. The van der Waals surface area contributed by atoms with Crippen molar-refractivity contribution >= 4 is 28.0 Å². The molecule has 0 saturated heterocycles. The first kappa shape index (κ1) is 11.6. The van der Waals surface area contributed by atoms with Crippen LogP contribution >= 0.6 is 0 Å². The third kappa shape index (κ3) is 2.01. The number of carbonyl (C=O) groups excluding carboxylic acids is 1. The van der Waals surface area contributed by atoms with Gasteiger partial charge in [-0.2, -0.15) is 0 Å². The molecule has 3 aromatic rings. The van der Waals surface area contributed by atoms with Gasteiger partial charge in [-0.15, -0.1) is 0 Å². The summed E-state index contributed by atoms with van der Waals surface area (Å²) >= 11 is 0.